The highest BCUT2D eigenvalue weighted by atomic mass is 16.6. The number of aromatic nitrogens is 2. The fourth-order valence-electron chi connectivity index (χ4n) is 2.06. The quantitative estimate of drug-likeness (QED) is 0.563. The molecular formula is C14H25N5O3. The zero-order chi connectivity index (χ0) is 16.9. The number of nitrogens with zero attached hydrogens (tertiary/aromatic N) is 3. The van der Waals surface area contributed by atoms with Gasteiger partial charge in [-0.2, -0.15) is 5.10 Å². The molecule has 0 saturated heterocycles. The van der Waals surface area contributed by atoms with Crippen molar-refractivity contribution < 1.29 is 9.72 Å². The van der Waals surface area contributed by atoms with E-state index in [0.717, 1.165) is 6.42 Å². The van der Waals surface area contributed by atoms with Crippen molar-refractivity contribution in [2.24, 2.45) is 0 Å². The fraction of sp³-hybridized carbons (Fsp3) is 0.714. The van der Waals surface area contributed by atoms with E-state index in [2.05, 4.69) is 34.3 Å². The zero-order valence-electron chi connectivity index (χ0n) is 13.8. The molecule has 2 N–H and O–H groups in total. The van der Waals surface area contributed by atoms with E-state index in [1.54, 1.807) is 0 Å². The summed E-state index contributed by atoms with van der Waals surface area (Å²) in [6, 6.07) is 0.421. The standard InChI is InChI=1S/C14H25N5O3/c1-6-10(4)18(5)8-7-15-14(20)12-13(19(21)22)11(9(2)3)16-17-12/h9-10H,6-8H2,1-5H3,(H,15,20)(H,16,17). The first-order chi connectivity index (χ1) is 10.3. The molecule has 0 spiro atoms. The van der Waals surface area contributed by atoms with Crippen LogP contribution in [0.3, 0.4) is 0 Å². The lowest BCUT2D eigenvalue weighted by molar-refractivity contribution is -0.385. The predicted octanol–water partition coefficient (Wildman–Crippen LogP) is 1.90. The van der Waals surface area contributed by atoms with Crippen LogP contribution in [-0.2, 0) is 0 Å². The van der Waals surface area contributed by atoms with Gasteiger partial charge in [0.1, 0.15) is 5.69 Å². The number of carbonyl (C=O) groups is 1. The highest BCUT2D eigenvalue weighted by Crippen LogP contribution is 2.27. The molecular weight excluding hydrogens is 286 g/mol. The number of aromatic amines is 1. The Kier molecular flexibility index (Phi) is 6.48. The third-order valence-electron chi connectivity index (χ3n) is 3.84. The summed E-state index contributed by atoms with van der Waals surface area (Å²) in [5.74, 6) is -0.626. The number of nitro groups is 1. The molecule has 1 atom stereocenters. The largest absolute Gasteiger partial charge is 0.349 e. The number of H-pyrrole nitrogens is 1. The van der Waals surface area contributed by atoms with Gasteiger partial charge in [-0.05, 0) is 20.4 Å². The van der Waals surface area contributed by atoms with Gasteiger partial charge in [-0.1, -0.05) is 20.8 Å². The van der Waals surface area contributed by atoms with Crippen LogP contribution in [0.15, 0.2) is 0 Å². The van der Waals surface area contributed by atoms with E-state index in [-0.39, 0.29) is 17.3 Å². The molecule has 8 heteroatoms. The molecule has 8 nitrogen and oxygen atoms in total. The van der Waals surface area contributed by atoms with Crippen LogP contribution in [0.4, 0.5) is 5.69 Å². The second-order valence-corrected chi connectivity index (χ2v) is 5.74. The molecule has 0 aromatic carbocycles. The van der Waals surface area contributed by atoms with Gasteiger partial charge in [0.15, 0.2) is 0 Å². The van der Waals surface area contributed by atoms with Crippen molar-refractivity contribution in [1.29, 1.82) is 0 Å². The average molecular weight is 311 g/mol. The highest BCUT2D eigenvalue weighted by Gasteiger charge is 2.30. The molecule has 1 unspecified atom stereocenters. The lowest BCUT2D eigenvalue weighted by Crippen LogP contribution is -2.37. The number of amides is 1. The summed E-state index contributed by atoms with van der Waals surface area (Å²) >= 11 is 0. The fourth-order valence-corrected chi connectivity index (χ4v) is 2.06. The van der Waals surface area contributed by atoms with E-state index in [1.807, 2.05) is 20.9 Å². The lowest BCUT2D eigenvalue weighted by Gasteiger charge is -2.23. The minimum Gasteiger partial charge on any atom is -0.349 e. The van der Waals surface area contributed by atoms with E-state index in [1.165, 1.54) is 0 Å². The molecule has 124 valence electrons. The number of nitrogens with one attached hydrogen (secondary N) is 2. The number of carbonyl (C=O) groups excluding carboxylic acids is 1. The Balaban J connectivity index is 2.72. The number of hydrogen-bond donors (Lipinski definition) is 2. The Morgan fingerprint density at radius 2 is 2.09 bits per heavy atom. The van der Waals surface area contributed by atoms with E-state index < -0.39 is 10.8 Å². The molecule has 0 bridgehead atoms. The maximum Gasteiger partial charge on any atom is 0.323 e. The average Bonchev–Trinajstić information content (AvgIpc) is 2.91. The van der Waals surface area contributed by atoms with Gasteiger partial charge in [-0.3, -0.25) is 20.0 Å². The van der Waals surface area contributed by atoms with Crippen LogP contribution < -0.4 is 5.32 Å². The van der Waals surface area contributed by atoms with Crippen molar-refractivity contribution in [2.45, 2.75) is 46.1 Å². The minimum absolute atomic E-state index is 0.106. The summed E-state index contributed by atoms with van der Waals surface area (Å²) in [6.45, 7) is 8.92. The minimum atomic E-state index is -0.557. The number of rotatable bonds is 8. The van der Waals surface area contributed by atoms with Gasteiger partial charge in [0, 0.05) is 25.0 Å². The maximum absolute atomic E-state index is 12.1. The molecule has 0 saturated carbocycles. The SMILES string of the molecule is CCC(C)N(C)CCNC(=O)c1n[nH]c(C(C)C)c1[N+](=O)[O-]. The van der Waals surface area contributed by atoms with E-state index in [9.17, 15) is 14.9 Å². The molecule has 1 aromatic rings. The van der Waals surface area contributed by atoms with Crippen LogP contribution in [0.25, 0.3) is 0 Å². The summed E-state index contributed by atoms with van der Waals surface area (Å²) in [4.78, 5) is 24.9. The van der Waals surface area contributed by atoms with Crippen molar-refractivity contribution in [3.8, 4) is 0 Å². The molecule has 22 heavy (non-hydrogen) atoms. The topological polar surface area (TPSA) is 104 Å². The normalized spacial score (nSPS) is 12.7. The van der Waals surface area contributed by atoms with Crippen LogP contribution in [0.1, 0.15) is 56.2 Å². The molecule has 0 aliphatic heterocycles. The highest BCUT2D eigenvalue weighted by molar-refractivity contribution is 5.96. The third-order valence-corrected chi connectivity index (χ3v) is 3.84. The molecule has 1 rings (SSSR count). The van der Waals surface area contributed by atoms with Crippen LogP contribution in [0.2, 0.25) is 0 Å². The number of likely N-dealkylation sites (N-methyl/N-ethyl adjacent to an activating group) is 1. The molecule has 1 heterocycles. The second-order valence-electron chi connectivity index (χ2n) is 5.74. The van der Waals surface area contributed by atoms with Crippen molar-refractivity contribution in [1.82, 2.24) is 20.4 Å². The van der Waals surface area contributed by atoms with Crippen molar-refractivity contribution in [3.05, 3.63) is 21.5 Å². The molecule has 0 fully saturated rings. The summed E-state index contributed by atoms with van der Waals surface area (Å²) in [5, 5.41) is 20.3. The molecule has 0 aliphatic carbocycles. The van der Waals surface area contributed by atoms with Crippen LogP contribution in [0.5, 0.6) is 0 Å². The summed E-state index contributed by atoms with van der Waals surface area (Å²) in [6.07, 6.45) is 1.02. The first kappa shape index (κ1) is 18.1. The third kappa shape index (κ3) is 4.27. The van der Waals surface area contributed by atoms with Crippen molar-refractivity contribution >= 4 is 11.6 Å². The maximum atomic E-state index is 12.1. The van der Waals surface area contributed by atoms with Gasteiger partial charge >= 0.3 is 5.69 Å². The Morgan fingerprint density at radius 1 is 1.45 bits per heavy atom. The Bertz CT molecular complexity index is 527. The van der Waals surface area contributed by atoms with Crippen LogP contribution in [0, 0.1) is 10.1 Å². The predicted molar refractivity (Wildman–Crippen MR) is 84.0 cm³/mol. The molecule has 1 aromatic heterocycles. The molecule has 1 amide bonds. The van der Waals surface area contributed by atoms with Gasteiger partial charge in [0.25, 0.3) is 5.91 Å². The Morgan fingerprint density at radius 3 is 2.59 bits per heavy atom. The molecule has 0 radical (unpaired) electrons. The second kappa shape index (κ2) is 7.88. The first-order valence-electron chi connectivity index (χ1n) is 7.50. The van der Waals surface area contributed by atoms with Gasteiger partial charge in [-0.15, -0.1) is 0 Å². The van der Waals surface area contributed by atoms with Crippen LogP contribution >= 0.6 is 0 Å². The smallest absolute Gasteiger partial charge is 0.323 e. The van der Waals surface area contributed by atoms with E-state index in [4.69, 9.17) is 0 Å². The van der Waals surface area contributed by atoms with Gasteiger partial charge < -0.3 is 10.2 Å². The van der Waals surface area contributed by atoms with E-state index in [0.29, 0.717) is 24.8 Å². The summed E-state index contributed by atoms with van der Waals surface area (Å²) in [7, 11) is 1.98. The summed E-state index contributed by atoms with van der Waals surface area (Å²) < 4.78 is 0. The number of hydrogen-bond acceptors (Lipinski definition) is 5. The monoisotopic (exact) mass is 311 g/mol. The van der Waals surface area contributed by atoms with Crippen LogP contribution in [-0.4, -0.2) is 52.1 Å². The zero-order valence-corrected chi connectivity index (χ0v) is 13.8. The van der Waals surface area contributed by atoms with Gasteiger partial charge in [0.05, 0.1) is 4.92 Å². The first-order valence-corrected chi connectivity index (χ1v) is 7.50. The van der Waals surface area contributed by atoms with Crippen molar-refractivity contribution in [2.75, 3.05) is 20.1 Å². The van der Waals surface area contributed by atoms with E-state index >= 15 is 0 Å². The molecule has 0 aliphatic rings. The lowest BCUT2D eigenvalue weighted by atomic mass is 10.1. The Hall–Kier alpha value is -1.96. The van der Waals surface area contributed by atoms with Crippen molar-refractivity contribution in [3.63, 3.8) is 0 Å². The van der Waals surface area contributed by atoms with Gasteiger partial charge in [-0.25, -0.2) is 0 Å². The Labute approximate surface area is 130 Å². The van der Waals surface area contributed by atoms with Gasteiger partial charge in [0.2, 0.25) is 5.69 Å². The summed E-state index contributed by atoms with van der Waals surface area (Å²) in [5.41, 5.74) is -0.0189.